The molecule has 120 valence electrons. The van der Waals surface area contributed by atoms with E-state index in [1.54, 1.807) is 18.7 Å². The van der Waals surface area contributed by atoms with E-state index in [2.05, 4.69) is 22.4 Å². The van der Waals surface area contributed by atoms with Crippen molar-refractivity contribution in [3.63, 3.8) is 0 Å². The average molecular weight is 320 g/mol. The molecule has 0 saturated carbocycles. The Bertz CT molecular complexity index is 622. The van der Waals surface area contributed by atoms with E-state index in [1.165, 1.54) is 10.9 Å². The highest BCUT2D eigenvalue weighted by atomic mass is 32.2. The van der Waals surface area contributed by atoms with E-state index < -0.39 is 5.60 Å². The SMILES string of the molecule is CSC[C@](C)(O)CNC(=O)CCCc1c[nH]c2ccccc12. The Morgan fingerprint density at radius 3 is 2.95 bits per heavy atom. The highest BCUT2D eigenvalue weighted by Gasteiger charge is 2.20. The highest BCUT2D eigenvalue weighted by Crippen LogP contribution is 2.19. The number of amides is 1. The molecule has 0 aliphatic carbocycles. The molecule has 5 heteroatoms. The molecule has 0 bridgehead atoms. The summed E-state index contributed by atoms with van der Waals surface area (Å²) in [6.45, 7) is 2.05. The summed E-state index contributed by atoms with van der Waals surface area (Å²) in [4.78, 5) is 15.1. The van der Waals surface area contributed by atoms with E-state index in [1.807, 2.05) is 24.6 Å². The smallest absolute Gasteiger partial charge is 0.220 e. The average Bonchev–Trinajstić information content (AvgIpc) is 2.89. The van der Waals surface area contributed by atoms with E-state index in [0.29, 0.717) is 18.7 Å². The van der Waals surface area contributed by atoms with Gasteiger partial charge in [-0.05, 0) is 37.7 Å². The number of nitrogens with one attached hydrogen (secondary N) is 2. The predicted octanol–water partition coefficient (Wildman–Crippen LogP) is 2.72. The maximum Gasteiger partial charge on any atom is 0.220 e. The van der Waals surface area contributed by atoms with Crippen molar-refractivity contribution in [1.29, 1.82) is 0 Å². The number of aliphatic hydroxyl groups is 1. The minimum Gasteiger partial charge on any atom is -0.387 e. The lowest BCUT2D eigenvalue weighted by molar-refractivity contribution is -0.122. The van der Waals surface area contributed by atoms with Crippen LogP contribution in [0.5, 0.6) is 0 Å². The predicted molar refractivity (Wildman–Crippen MR) is 93.3 cm³/mol. The monoisotopic (exact) mass is 320 g/mol. The summed E-state index contributed by atoms with van der Waals surface area (Å²) in [5, 5.41) is 14.1. The second-order valence-electron chi connectivity index (χ2n) is 5.92. The maximum absolute atomic E-state index is 11.8. The van der Waals surface area contributed by atoms with Crippen molar-refractivity contribution in [1.82, 2.24) is 10.3 Å². The highest BCUT2D eigenvalue weighted by molar-refractivity contribution is 7.98. The van der Waals surface area contributed by atoms with Gasteiger partial charge in [0.25, 0.3) is 0 Å². The lowest BCUT2D eigenvalue weighted by Crippen LogP contribution is -2.42. The number of thioether (sulfide) groups is 1. The van der Waals surface area contributed by atoms with Gasteiger partial charge < -0.3 is 15.4 Å². The molecular weight excluding hydrogens is 296 g/mol. The molecule has 0 fully saturated rings. The zero-order valence-electron chi connectivity index (χ0n) is 13.2. The third kappa shape index (κ3) is 4.78. The number of aryl methyl sites for hydroxylation is 1. The van der Waals surface area contributed by atoms with Gasteiger partial charge in [0.2, 0.25) is 5.91 Å². The van der Waals surface area contributed by atoms with Gasteiger partial charge in [-0.3, -0.25) is 4.79 Å². The number of hydrogen-bond acceptors (Lipinski definition) is 3. The topological polar surface area (TPSA) is 65.1 Å². The number of carbonyl (C=O) groups is 1. The second kappa shape index (κ2) is 7.70. The normalized spacial score (nSPS) is 14.0. The Labute approximate surface area is 135 Å². The third-order valence-electron chi connectivity index (χ3n) is 3.65. The van der Waals surface area contributed by atoms with Crippen LogP contribution in [0.3, 0.4) is 0 Å². The molecule has 0 aliphatic rings. The summed E-state index contributed by atoms with van der Waals surface area (Å²) in [6.07, 6.45) is 6.12. The molecule has 0 spiro atoms. The van der Waals surface area contributed by atoms with E-state index >= 15 is 0 Å². The van der Waals surface area contributed by atoms with Crippen LogP contribution in [0.25, 0.3) is 10.9 Å². The molecule has 4 nitrogen and oxygen atoms in total. The Balaban J connectivity index is 1.75. The van der Waals surface area contributed by atoms with Crippen LogP contribution in [0, 0.1) is 0 Å². The largest absolute Gasteiger partial charge is 0.387 e. The molecule has 0 radical (unpaired) electrons. The Morgan fingerprint density at radius 2 is 2.18 bits per heavy atom. The van der Waals surface area contributed by atoms with Crippen LogP contribution < -0.4 is 5.32 Å². The summed E-state index contributed by atoms with van der Waals surface area (Å²) in [5.41, 5.74) is 1.54. The first-order chi connectivity index (χ1) is 10.5. The standard InChI is InChI=1S/C17H24N2O2S/c1-17(21,12-22-2)11-19-16(20)9-5-6-13-10-18-15-8-4-3-7-14(13)15/h3-4,7-8,10,18,21H,5-6,9,11-12H2,1-2H3,(H,19,20)/t17-/m1/s1. The fraction of sp³-hybridized carbons (Fsp3) is 0.471. The van der Waals surface area contributed by atoms with E-state index in [4.69, 9.17) is 0 Å². The first-order valence-electron chi connectivity index (χ1n) is 7.55. The number of H-pyrrole nitrogens is 1. The molecule has 0 saturated heterocycles. The summed E-state index contributed by atoms with van der Waals surface area (Å²) in [6, 6.07) is 8.19. The van der Waals surface area contributed by atoms with Crippen molar-refractivity contribution in [3.05, 3.63) is 36.0 Å². The van der Waals surface area contributed by atoms with Gasteiger partial charge in [0.15, 0.2) is 0 Å². The minimum atomic E-state index is -0.841. The van der Waals surface area contributed by atoms with Gasteiger partial charge in [-0.15, -0.1) is 0 Å². The van der Waals surface area contributed by atoms with Gasteiger partial charge in [-0.25, -0.2) is 0 Å². The Hall–Kier alpha value is -1.46. The first-order valence-corrected chi connectivity index (χ1v) is 8.94. The van der Waals surface area contributed by atoms with E-state index in [0.717, 1.165) is 18.4 Å². The summed E-state index contributed by atoms with van der Waals surface area (Å²) in [5.74, 6) is 0.615. The van der Waals surface area contributed by atoms with Crippen molar-refractivity contribution >= 4 is 28.6 Å². The lowest BCUT2D eigenvalue weighted by atomic mass is 10.1. The van der Waals surface area contributed by atoms with Crippen molar-refractivity contribution < 1.29 is 9.90 Å². The summed E-state index contributed by atoms with van der Waals surface area (Å²) in [7, 11) is 0. The van der Waals surface area contributed by atoms with Crippen molar-refractivity contribution in [2.45, 2.75) is 31.8 Å². The van der Waals surface area contributed by atoms with Crippen molar-refractivity contribution in [3.8, 4) is 0 Å². The molecule has 2 aromatic rings. The zero-order valence-corrected chi connectivity index (χ0v) is 14.0. The lowest BCUT2D eigenvalue weighted by Gasteiger charge is -2.22. The van der Waals surface area contributed by atoms with Crippen LogP contribution in [0.2, 0.25) is 0 Å². The summed E-state index contributed by atoms with van der Waals surface area (Å²) < 4.78 is 0. The molecule has 22 heavy (non-hydrogen) atoms. The number of fused-ring (bicyclic) bond motifs is 1. The second-order valence-corrected chi connectivity index (χ2v) is 6.79. The third-order valence-corrected chi connectivity index (χ3v) is 4.56. The van der Waals surface area contributed by atoms with Gasteiger partial charge in [0.1, 0.15) is 0 Å². The minimum absolute atomic E-state index is 0.00113. The summed E-state index contributed by atoms with van der Waals surface area (Å²) >= 11 is 1.57. The molecule has 1 heterocycles. The molecule has 1 aromatic carbocycles. The van der Waals surface area contributed by atoms with Crippen LogP contribution in [-0.2, 0) is 11.2 Å². The Kier molecular flexibility index (Phi) is 5.91. The van der Waals surface area contributed by atoms with E-state index in [9.17, 15) is 9.90 Å². The van der Waals surface area contributed by atoms with Crippen LogP contribution in [0.15, 0.2) is 30.5 Å². The molecular formula is C17H24N2O2S. The maximum atomic E-state index is 11.8. The number of aromatic nitrogens is 1. The van der Waals surface area contributed by atoms with Crippen LogP contribution in [0.1, 0.15) is 25.3 Å². The first kappa shape index (κ1) is 16.9. The Morgan fingerprint density at radius 1 is 1.41 bits per heavy atom. The molecule has 2 rings (SSSR count). The van der Waals surface area contributed by atoms with Crippen LogP contribution >= 0.6 is 11.8 Å². The molecule has 0 aliphatic heterocycles. The zero-order chi connectivity index (χ0) is 16.0. The van der Waals surface area contributed by atoms with Gasteiger partial charge in [-0.2, -0.15) is 11.8 Å². The van der Waals surface area contributed by atoms with Gasteiger partial charge in [0.05, 0.1) is 5.60 Å². The molecule has 1 aromatic heterocycles. The van der Waals surface area contributed by atoms with Crippen LogP contribution in [0.4, 0.5) is 0 Å². The van der Waals surface area contributed by atoms with Crippen molar-refractivity contribution in [2.75, 3.05) is 18.6 Å². The fourth-order valence-corrected chi connectivity index (χ4v) is 3.24. The number of benzene rings is 1. The number of rotatable bonds is 8. The molecule has 1 amide bonds. The van der Waals surface area contributed by atoms with Gasteiger partial charge >= 0.3 is 0 Å². The molecule has 0 unspecified atom stereocenters. The van der Waals surface area contributed by atoms with Gasteiger partial charge in [-0.1, -0.05) is 18.2 Å². The van der Waals surface area contributed by atoms with E-state index in [-0.39, 0.29) is 5.91 Å². The van der Waals surface area contributed by atoms with Gasteiger partial charge in [0, 0.05) is 35.8 Å². The molecule has 1 atom stereocenters. The number of carbonyl (C=O) groups excluding carboxylic acids is 1. The number of hydrogen-bond donors (Lipinski definition) is 3. The van der Waals surface area contributed by atoms with Crippen LogP contribution in [-0.4, -0.2) is 40.2 Å². The number of para-hydroxylation sites is 1. The van der Waals surface area contributed by atoms with Crippen molar-refractivity contribution in [2.24, 2.45) is 0 Å². The fourth-order valence-electron chi connectivity index (χ4n) is 2.52. The number of aromatic amines is 1. The molecule has 3 N–H and O–H groups in total. The quantitative estimate of drug-likeness (QED) is 0.701.